The summed E-state index contributed by atoms with van der Waals surface area (Å²) in [5.74, 6) is 1.14. The van der Waals surface area contributed by atoms with Crippen molar-refractivity contribution in [1.29, 1.82) is 0 Å². The number of hydrogen-bond acceptors (Lipinski definition) is 2. The molecule has 1 aromatic carbocycles. The van der Waals surface area contributed by atoms with Gasteiger partial charge in [-0.25, -0.2) is 0 Å². The molecule has 0 N–H and O–H groups in total. The van der Waals surface area contributed by atoms with E-state index in [9.17, 15) is 0 Å². The van der Waals surface area contributed by atoms with E-state index >= 15 is 0 Å². The van der Waals surface area contributed by atoms with Crippen LogP contribution in [0, 0.1) is 18.0 Å². The van der Waals surface area contributed by atoms with E-state index in [0.717, 1.165) is 12.6 Å². The van der Waals surface area contributed by atoms with E-state index in [0.29, 0.717) is 11.8 Å². The Hall–Kier alpha value is -1.57. The van der Waals surface area contributed by atoms with Crippen LogP contribution in [0.5, 0.6) is 0 Å². The highest BCUT2D eigenvalue weighted by Gasteiger charge is 2.35. The predicted octanol–water partition coefficient (Wildman–Crippen LogP) is 12.5. The average Bonchev–Trinajstić information content (AvgIpc) is 3.51. The van der Waals surface area contributed by atoms with E-state index in [4.69, 9.17) is 9.98 Å². The molecule has 2 heteroatoms. The van der Waals surface area contributed by atoms with Crippen LogP contribution in [0.2, 0.25) is 0 Å². The third-order valence-electron chi connectivity index (χ3n) is 9.02. The fourth-order valence-corrected chi connectivity index (χ4v) is 6.48. The maximum atomic E-state index is 4.72. The largest absolute Gasteiger partial charge is 0.244 e. The summed E-state index contributed by atoms with van der Waals surface area (Å²) in [6.07, 6.45) is 39.7. The third kappa shape index (κ3) is 17.3. The molecule has 40 heavy (non-hydrogen) atoms. The molecule has 2 rings (SSSR count). The smallest absolute Gasteiger partial charge is 0.0965 e. The number of nitrogens with zero attached hydrogens (tertiary/aromatic N) is 2. The van der Waals surface area contributed by atoms with E-state index in [1.54, 1.807) is 0 Å². The van der Waals surface area contributed by atoms with Gasteiger partial charge >= 0.3 is 0 Å². The molecule has 0 radical (unpaired) electrons. The van der Waals surface area contributed by atoms with Crippen LogP contribution in [0.25, 0.3) is 0 Å². The summed E-state index contributed by atoms with van der Waals surface area (Å²) in [6, 6.07) is 11.2. The van der Waals surface area contributed by atoms with Crippen molar-refractivity contribution < 1.29 is 0 Å². The number of aliphatic imine (C=N–C) groups is 2. The molecular formula is C38H65N2+. The average molecular weight is 550 g/mol. The Bertz CT molecular complexity index is 712. The first-order valence-electron chi connectivity index (χ1n) is 17.8. The summed E-state index contributed by atoms with van der Waals surface area (Å²) in [6.45, 7) is 4.61. The van der Waals surface area contributed by atoms with Crippen molar-refractivity contribution in [2.24, 2.45) is 21.8 Å². The normalized spacial score (nSPS) is 14.3. The molecule has 0 amide bonds. The molecule has 2 unspecified atom stereocenters. The SMILES string of the molecule is CCCCCCCCCCCCCCCCCCC(Cc1ccccc1)C(CCCCCCCC)[C+]1N=CC=N1. The molecule has 1 aromatic rings. The molecular weight excluding hydrogens is 484 g/mol. The van der Waals surface area contributed by atoms with Gasteiger partial charge in [0.05, 0.1) is 5.92 Å². The van der Waals surface area contributed by atoms with Crippen molar-refractivity contribution in [3.63, 3.8) is 0 Å². The van der Waals surface area contributed by atoms with Crippen LogP contribution in [-0.4, -0.2) is 12.4 Å². The lowest BCUT2D eigenvalue weighted by Gasteiger charge is -2.26. The lowest BCUT2D eigenvalue weighted by Crippen LogP contribution is -2.22. The van der Waals surface area contributed by atoms with Crippen LogP contribution in [0.3, 0.4) is 0 Å². The van der Waals surface area contributed by atoms with Crippen molar-refractivity contribution >= 4 is 12.4 Å². The molecule has 226 valence electrons. The molecule has 2 nitrogen and oxygen atoms in total. The second-order valence-electron chi connectivity index (χ2n) is 12.6. The van der Waals surface area contributed by atoms with Crippen LogP contribution in [0.1, 0.15) is 174 Å². The fraction of sp³-hybridized carbons (Fsp3) is 0.763. The highest BCUT2D eigenvalue weighted by Crippen LogP contribution is 2.37. The number of rotatable bonds is 28. The fourth-order valence-electron chi connectivity index (χ4n) is 6.48. The minimum absolute atomic E-state index is 0.498. The monoisotopic (exact) mass is 550 g/mol. The summed E-state index contributed by atoms with van der Waals surface area (Å²) in [5.41, 5.74) is 1.48. The van der Waals surface area contributed by atoms with Crippen molar-refractivity contribution in [3.8, 4) is 0 Å². The standard InChI is InChI=1S/C38H65N2/c1-3-5-7-9-11-12-13-14-15-16-17-18-19-20-21-26-30-36(34-35-28-24-23-25-29-35)37(38-39-32-33-40-38)31-27-22-10-8-6-4-2/h23-25,28-29,32-33,36-37H,3-22,26-27,30-31,34H2,1-2H3/q+1. The van der Waals surface area contributed by atoms with Crippen LogP contribution < -0.4 is 0 Å². The van der Waals surface area contributed by atoms with Gasteiger partial charge in [-0.3, -0.25) is 0 Å². The van der Waals surface area contributed by atoms with Crippen LogP contribution >= 0.6 is 0 Å². The quantitative estimate of drug-likeness (QED) is 0.0733. The zero-order valence-corrected chi connectivity index (χ0v) is 26.8. The number of benzene rings is 1. The van der Waals surface area contributed by atoms with Gasteiger partial charge < -0.3 is 0 Å². The molecule has 0 saturated carbocycles. The van der Waals surface area contributed by atoms with Crippen molar-refractivity contribution in [2.45, 2.75) is 174 Å². The molecule has 1 aliphatic heterocycles. The van der Waals surface area contributed by atoms with Gasteiger partial charge in [-0.15, -0.1) is 0 Å². The molecule has 1 aliphatic rings. The number of unbranched alkanes of at least 4 members (excludes halogenated alkanes) is 20. The Morgan fingerprint density at radius 1 is 0.500 bits per heavy atom. The molecule has 0 aromatic heterocycles. The summed E-state index contributed by atoms with van der Waals surface area (Å²) < 4.78 is 0. The topological polar surface area (TPSA) is 24.7 Å². The summed E-state index contributed by atoms with van der Waals surface area (Å²) >= 11 is 0. The Morgan fingerprint density at radius 3 is 1.35 bits per heavy atom. The van der Waals surface area contributed by atoms with Crippen LogP contribution in [-0.2, 0) is 6.42 Å². The van der Waals surface area contributed by atoms with Gasteiger partial charge in [-0.1, -0.05) is 195 Å². The van der Waals surface area contributed by atoms with Gasteiger partial charge in [0.25, 0.3) is 0 Å². The van der Waals surface area contributed by atoms with E-state index in [1.165, 1.54) is 160 Å². The van der Waals surface area contributed by atoms with Crippen molar-refractivity contribution in [3.05, 3.63) is 42.1 Å². The first kappa shape index (κ1) is 34.6. The van der Waals surface area contributed by atoms with Crippen LogP contribution in [0.15, 0.2) is 40.3 Å². The first-order valence-corrected chi connectivity index (χ1v) is 17.8. The zero-order valence-electron chi connectivity index (χ0n) is 26.8. The highest BCUT2D eigenvalue weighted by molar-refractivity contribution is 6.18. The maximum absolute atomic E-state index is 4.72. The summed E-state index contributed by atoms with van der Waals surface area (Å²) in [4.78, 5) is 9.44. The molecule has 2 atom stereocenters. The van der Waals surface area contributed by atoms with E-state index in [-0.39, 0.29) is 0 Å². The second kappa shape index (κ2) is 25.2. The van der Waals surface area contributed by atoms with E-state index in [2.05, 4.69) is 44.2 Å². The zero-order chi connectivity index (χ0) is 28.4. The van der Waals surface area contributed by atoms with Crippen molar-refractivity contribution in [2.75, 3.05) is 0 Å². The second-order valence-corrected chi connectivity index (χ2v) is 12.6. The van der Waals surface area contributed by atoms with Gasteiger partial charge in [-0.2, -0.15) is 0 Å². The van der Waals surface area contributed by atoms with E-state index in [1.807, 2.05) is 12.4 Å². The number of hydrogen-bond donors (Lipinski definition) is 0. The Morgan fingerprint density at radius 2 is 0.900 bits per heavy atom. The molecule has 1 heterocycles. The van der Waals surface area contributed by atoms with Crippen LogP contribution in [0.4, 0.5) is 0 Å². The Kier molecular flexibility index (Phi) is 21.8. The molecule has 0 bridgehead atoms. The molecule has 0 aliphatic carbocycles. The predicted molar refractivity (Wildman–Crippen MR) is 180 cm³/mol. The Balaban J connectivity index is 1.65. The molecule has 0 saturated heterocycles. The molecule has 0 fully saturated rings. The highest BCUT2D eigenvalue weighted by atomic mass is 15.0. The summed E-state index contributed by atoms with van der Waals surface area (Å²) in [7, 11) is 0. The maximum Gasteiger partial charge on any atom is 0.244 e. The summed E-state index contributed by atoms with van der Waals surface area (Å²) in [5, 5.41) is 0. The lowest BCUT2D eigenvalue weighted by atomic mass is 9.78. The van der Waals surface area contributed by atoms with Gasteiger partial charge in [0.2, 0.25) is 6.17 Å². The van der Waals surface area contributed by atoms with Gasteiger partial charge in [0.15, 0.2) is 12.4 Å². The Labute approximate surface area is 250 Å². The van der Waals surface area contributed by atoms with Gasteiger partial charge in [0, 0.05) is 0 Å². The third-order valence-corrected chi connectivity index (χ3v) is 9.02. The van der Waals surface area contributed by atoms with Gasteiger partial charge in [0.1, 0.15) is 0 Å². The van der Waals surface area contributed by atoms with E-state index < -0.39 is 0 Å². The minimum atomic E-state index is 0.498. The first-order chi connectivity index (χ1) is 19.8. The minimum Gasteiger partial charge on any atom is -0.0965 e. The lowest BCUT2D eigenvalue weighted by molar-refractivity contribution is 0.284. The van der Waals surface area contributed by atoms with Gasteiger partial charge in [-0.05, 0) is 30.7 Å². The molecule has 0 spiro atoms. The van der Waals surface area contributed by atoms with Crippen molar-refractivity contribution in [1.82, 2.24) is 0 Å².